The summed E-state index contributed by atoms with van der Waals surface area (Å²) in [5.74, 6) is 4.71. The molecule has 0 spiro atoms. The molecule has 2 saturated heterocycles. The molecule has 2 rings (SSSR count). The molecule has 0 unspecified atom stereocenters. The van der Waals surface area contributed by atoms with Crippen LogP contribution >= 0.6 is 54.8 Å². The van der Waals surface area contributed by atoms with Crippen LogP contribution in [0.3, 0.4) is 0 Å². The van der Waals surface area contributed by atoms with E-state index >= 15 is 0 Å². The van der Waals surface area contributed by atoms with Crippen LogP contribution in [0.2, 0.25) is 0 Å². The first-order valence-electron chi connectivity index (χ1n) is 7.60. The van der Waals surface area contributed by atoms with E-state index in [-0.39, 0.29) is 0 Å². The molecule has 0 bridgehead atoms. The maximum absolute atomic E-state index is 5.58. The van der Waals surface area contributed by atoms with Crippen LogP contribution in [0, 0.1) is 0 Å². The van der Waals surface area contributed by atoms with E-state index in [0.717, 1.165) is 12.1 Å². The number of nitrogens with one attached hydrogen (secondary N) is 1. The lowest BCUT2D eigenvalue weighted by Crippen LogP contribution is -3.17. The Morgan fingerprint density at radius 1 is 1.00 bits per heavy atom. The normalized spacial score (nSPS) is 23.0. The van der Waals surface area contributed by atoms with Crippen molar-refractivity contribution in [3.05, 3.63) is 0 Å². The zero-order valence-electron chi connectivity index (χ0n) is 14.0. The minimum absolute atomic E-state index is 0.773. The van der Waals surface area contributed by atoms with E-state index in [1.807, 2.05) is 45.5 Å². The Hall–Kier alpha value is 2.59. The molecule has 2 aliphatic rings. The van der Waals surface area contributed by atoms with E-state index in [9.17, 15) is 0 Å². The highest BCUT2D eigenvalue weighted by molar-refractivity contribution is 9.12. The van der Waals surface area contributed by atoms with Gasteiger partial charge < -0.3 is 17.1 Å². The maximum atomic E-state index is 5.58. The summed E-state index contributed by atoms with van der Waals surface area (Å²) in [4.78, 5) is 1.69. The summed E-state index contributed by atoms with van der Waals surface area (Å²) in [5, 5.41) is 0. The zero-order chi connectivity index (χ0) is 16.8. The fourth-order valence-electron chi connectivity index (χ4n) is 2.41. The minimum Gasteiger partial charge on any atom is -0.718 e. The fourth-order valence-corrected chi connectivity index (χ4v) is 30.7. The molecule has 0 aromatic heterocycles. The van der Waals surface area contributed by atoms with Gasteiger partial charge in [-0.25, -0.2) is 0 Å². The van der Waals surface area contributed by atoms with E-state index in [0.29, 0.717) is 0 Å². The summed E-state index contributed by atoms with van der Waals surface area (Å²) < 4.78 is 1.86. The van der Waals surface area contributed by atoms with E-state index < -0.39 is 9.25 Å². The molecule has 22 heavy (non-hydrogen) atoms. The SMILES string of the molecule is CC[NH+](C(C)C)C(C)C.S=P1(N=P2([S-])SCCS2)SCCS1. The molecule has 1 N–H and O–H groups in total. The van der Waals surface area contributed by atoms with Crippen molar-refractivity contribution in [2.45, 2.75) is 46.7 Å². The van der Waals surface area contributed by atoms with Crippen molar-refractivity contribution in [2.24, 2.45) is 4.52 Å². The smallest absolute Gasteiger partial charge is 0.159 e. The molecule has 2 heterocycles. The third kappa shape index (κ3) is 7.86. The van der Waals surface area contributed by atoms with Crippen molar-refractivity contribution in [1.29, 1.82) is 0 Å². The van der Waals surface area contributed by atoms with Crippen LogP contribution in [0.25, 0.3) is 0 Å². The highest BCUT2D eigenvalue weighted by Crippen LogP contribution is 2.85. The van der Waals surface area contributed by atoms with Crippen LogP contribution in [0.15, 0.2) is 4.52 Å². The summed E-state index contributed by atoms with van der Waals surface area (Å²) in [5.41, 5.74) is 0. The minimum atomic E-state index is -1.49. The molecule has 0 saturated carbocycles. The summed E-state index contributed by atoms with van der Waals surface area (Å²) in [6.45, 7) is 12.6. The number of hydrogen-bond donors (Lipinski definition) is 1. The average molecular weight is 455 g/mol. The van der Waals surface area contributed by atoms with Crippen LogP contribution < -0.4 is 4.90 Å². The van der Waals surface area contributed by atoms with Crippen LogP contribution in [0.1, 0.15) is 34.6 Å². The number of nitrogens with zero attached hydrogens (tertiary/aromatic N) is 1. The van der Waals surface area contributed by atoms with Gasteiger partial charge in [-0.1, -0.05) is 22.8 Å². The topological polar surface area (TPSA) is 16.8 Å². The molecule has 0 aliphatic carbocycles. The third-order valence-electron chi connectivity index (χ3n) is 3.29. The second-order valence-corrected chi connectivity index (χ2v) is 27.6. The molecule has 0 amide bonds. The largest absolute Gasteiger partial charge is 0.718 e. The van der Waals surface area contributed by atoms with Crippen LogP contribution in [-0.2, 0) is 24.1 Å². The summed E-state index contributed by atoms with van der Waals surface area (Å²) in [6, 6.07) is 1.55. The standard InChI is InChI=1S/C8H19N.C4H8NP2S6/c1-6-9(7(2)3)8(4)5;8-6(10-1-2-11-6)5-7(9)12-3-4-13-7/h7-8H,6H2,1-5H3;1-4H2/q;-1/p+1. The van der Waals surface area contributed by atoms with Crippen molar-refractivity contribution in [2.75, 3.05) is 29.6 Å². The van der Waals surface area contributed by atoms with E-state index in [2.05, 4.69) is 34.6 Å². The second-order valence-electron chi connectivity index (χ2n) is 5.60. The Labute approximate surface area is 163 Å². The van der Waals surface area contributed by atoms with E-state index in [4.69, 9.17) is 28.6 Å². The molecule has 0 aromatic rings. The monoisotopic (exact) mass is 454 g/mol. The fraction of sp³-hybridized carbons (Fsp3) is 1.00. The van der Waals surface area contributed by atoms with Gasteiger partial charge >= 0.3 is 0 Å². The molecule has 0 aromatic carbocycles. The molecule has 132 valence electrons. The first kappa shape index (κ1) is 22.6. The number of rotatable bonds is 4. The third-order valence-corrected chi connectivity index (χ3v) is 26.1. The molecular weight excluding hydrogens is 426 g/mol. The Morgan fingerprint density at radius 2 is 1.41 bits per heavy atom. The van der Waals surface area contributed by atoms with Gasteiger partial charge in [0.25, 0.3) is 0 Å². The van der Waals surface area contributed by atoms with Gasteiger partial charge in [-0.05, 0) is 51.1 Å². The summed E-state index contributed by atoms with van der Waals surface area (Å²) in [6.07, 6.45) is 0. The Bertz CT molecular complexity index is 415. The Kier molecular flexibility index (Phi) is 11.0. The van der Waals surface area contributed by atoms with Crippen molar-refractivity contribution >= 4 is 78.8 Å². The highest BCUT2D eigenvalue weighted by atomic mass is 33.4. The zero-order valence-corrected chi connectivity index (χ0v) is 20.7. The lowest BCUT2D eigenvalue weighted by molar-refractivity contribution is -0.940. The number of hydrogen-bond acceptors (Lipinski definition) is 6. The average Bonchev–Trinajstić information content (AvgIpc) is 2.99. The second kappa shape index (κ2) is 10.7. The number of quaternary nitrogens is 1. The van der Waals surface area contributed by atoms with Crippen molar-refractivity contribution < 1.29 is 4.90 Å². The summed E-state index contributed by atoms with van der Waals surface area (Å²) in [7, 11) is 0. The molecule has 0 radical (unpaired) electrons. The predicted molar refractivity (Wildman–Crippen MR) is 123 cm³/mol. The summed E-state index contributed by atoms with van der Waals surface area (Å²) >= 11 is 18.7. The molecule has 2 aliphatic heterocycles. The highest BCUT2D eigenvalue weighted by Gasteiger charge is 2.26. The molecule has 10 heteroatoms. The van der Waals surface area contributed by atoms with E-state index in [1.165, 1.54) is 29.6 Å². The van der Waals surface area contributed by atoms with Gasteiger partial charge in [0.15, 0.2) is 4.59 Å². The quantitative estimate of drug-likeness (QED) is 0.451. The van der Waals surface area contributed by atoms with Crippen LogP contribution in [0.5, 0.6) is 0 Å². The molecule has 0 atom stereocenters. The van der Waals surface area contributed by atoms with Gasteiger partial charge in [-0.3, -0.25) is 4.52 Å². The molecule has 2 nitrogen and oxygen atoms in total. The van der Waals surface area contributed by atoms with Gasteiger partial charge in [0.2, 0.25) is 0 Å². The van der Waals surface area contributed by atoms with Crippen LogP contribution in [-0.4, -0.2) is 41.6 Å². The van der Waals surface area contributed by atoms with Gasteiger partial charge in [0.1, 0.15) is 0 Å². The van der Waals surface area contributed by atoms with Crippen LogP contribution in [0.4, 0.5) is 0 Å². The van der Waals surface area contributed by atoms with Crippen molar-refractivity contribution in [3.8, 4) is 0 Å². The van der Waals surface area contributed by atoms with Gasteiger partial charge in [0, 0.05) is 23.0 Å². The van der Waals surface area contributed by atoms with Gasteiger partial charge in [-0.15, -0.1) is 22.8 Å². The first-order chi connectivity index (χ1) is 10.2. The Balaban J connectivity index is 0.000000239. The lowest BCUT2D eigenvalue weighted by atomic mass is 10.2. The van der Waals surface area contributed by atoms with Crippen molar-refractivity contribution in [1.82, 2.24) is 0 Å². The predicted octanol–water partition coefficient (Wildman–Crippen LogP) is 5.37. The van der Waals surface area contributed by atoms with Gasteiger partial charge in [0.05, 0.1) is 18.6 Å². The van der Waals surface area contributed by atoms with Gasteiger partial charge in [-0.2, -0.15) is 0 Å². The first-order valence-corrected chi connectivity index (χ1v) is 19.5. The molecule has 2 fully saturated rings. The van der Waals surface area contributed by atoms with Crippen molar-refractivity contribution in [3.63, 3.8) is 0 Å². The Morgan fingerprint density at radius 3 is 1.73 bits per heavy atom. The van der Waals surface area contributed by atoms with E-state index in [1.54, 1.807) is 4.90 Å². The molecular formula is C12H28N2P2S6. The maximum Gasteiger partial charge on any atom is 0.159 e. The lowest BCUT2D eigenvalue weighted by Gasteiger charge is -2.25.